The molecule has 1 N–H and O–H groups in total. The van der Waals surface area contributed by atoms with E-state index in [1.165, 1.54) is 5.56 Å². The lowest BCUT2D eigenvalue weighted by Gasteiger charge is -2.20. The van der Waals surface area contributed by atoms with Crippen LogP contribution in [0.25, 0.3) is 22.2 Å². The summed E-state index contributed by atoms with van der Waals surface area (Å²) in [5.41, 5.74) is 5.41. The molecule has 2 nitrogen and oxygen atoms in total. The van der Waals surface area contributed by atoms with E-state index in [-0.39, 0.29) is 5.43 Å². The van der Waals surface area contributed by atoms with Crippen molar-refractivity contribution in [3.05, 3.63) is 68.3 Å². The summed E-state index contributed by atoms with van der Waals surface area (Å²) in [5.74, 6) is 0. The number of aryl methyl sites for hydroxylation is 1. The molecule has 20 heavy (non-hydrogen) atoms. The van der Waals surface area contributed by atoms with Crippen LogP contribution in [0.4, 0.5) is 0 Å². The van der Waals surface area contributed by atoms with Crippen LogP contribution in [0, 0.1) is 0 Å². The maximum absolute atomic E-state index is 12.6. The number of aromatic amines is 1. The normalized spacial score (nSPS) is 13.1. The average Bonchev–Trinajstić information content (AvgIpc) is 2.47. The topological polar surface area (TPSA) is 32.9 Å². The Labute approximate surface area is 124 Å². The molecule has 0 aliphatic heterocycles. The van der Waals surface area contributed by atoms with Gasteiger partial charge in [-0.1, -0.05) is 34.1 Å². The molecule has 0 bridgehead atoms. The van der Waals surface area contributed by atoms with Gasteiger partial charge in [0, 0.05) is 26.5 Å². The molecule has 0 atom stereocenters. The van der Waals surface area contributed by atoms with E-state index in [0.29, 0.717) is 0 Å². The first kappa shape index (κ1) is 11.9. The smallest absolute Gasteiger partial charge is 0.193 e. The zero-order chi connectivity index (χ0) is 13.7. The van der Waals surface area contributed by atoms with Gasteiger partial charge in [0.2, 0.25) is 0 Å². The molecule has 0 radical (unpaired) electrons. The van der Waals surface area contributed by atoms with Crippen LogP contribution in [0.15, 0.2) is 51.7 Å². The Kier molecular flexibility index (Phi) is 2.57. The molecule has 0 saturated heterocycles. The molecule has 3 heteroatoms. The van der Waals surface area contributed by atoms with Crippen LogP contribution in [-0.4, -0.2) is 4.98 Å². The summed E-state index contributed by atoms with van der Waals surface area (Å²) in [4.78, 5) is 16.1. The fraction of sp³-hybridized carbons (Fsp3) is 0.118. The number of halogens is 1. The van der Waals surface area contributed by atoms with Gasteiger partial charge in [0.25, 0.3) is 0 Å². The van der Waals surface area contributed by atoms with E-state index in [0.717, 1.165) is 45.0 Å². The highest BCUT2D eigenvalue weighted by atomic mass is 79.9. The Morgan fingerprint density at radius 1 is 1.05 bits per heavy atom. The number of hydrogen-bond acceptors (Lipinski definition) is 1. The number of H-pyrrole nitrogens is 1. The molecule has 0 amide bonds. The molecule has 1 heterocycles. The molecule has 1 aliphatic rings. The molecule has 1 aliphatic carbocycles. The molecule has 2 aromatic carbocycles. The molecule has 1 aromatic heterocycles. The monoisotopic (exact) mass is 325 g/mol. The van der Waals surface area contributed by atoms with Crippen LogP contribution in [0.1, 0.15) is 11.1 Å². The number of rotatable bonds is 0. The summed E-state index contributed by atoms with van der Waals surface area (Å²) >= 11 is 3.52. The lowest BCUT2D eigenvalue weighted by atomic mass is 9.88. The van der Waals surface area contributed by atoms with Crippen molar-refractivity contribution in [2.45, 2.75) is 12.8 Å². The number of pyridine rings is 1. The zero-order valence-corrected chi connectivity index (χ0v) is 12.3. The number of para-hydroxylation sites is 1. The van der Waals surface area contributed by atoms with E-state index in [2.05, 4.69) is 39.1 Å². The second-order valence-electron chi connectivity index (χ2n) is 5.15. The van der Waals surface area contributed by atoms with Gasteiger partial charge in [-0.05, 0) is 42.7 Å². The molecule has 0 spiro atoms. The summed E-state index contributed by atoms with van der Waals surface area (Å²) in [6.07, 6.45) is 1.74. The second kappa shape index (κ2) is 4.32. The SMILES string of the molecule is O=c1c2c([nH]c3ccccc13)-c1cc(Br)ccc1CC2. The molecule has 0 saturated carbocycles. The Hall–Kier alpha value is -1.87. The number of hydrogen-bond donors (Lipinski definition) is 1. The van der Waals surface area contributed by atoms with Crippen LogP contribution in [0.5, 0.6) is 0 Å². The van der Waals surface area contributed by atoms with Crippen molar-refractivity contribution in [2.75, 3.05) is 0 Å². The van der Waals surface area contributed by atoms with Crippen molar-refractivity contribution in [3.8, 4) is 11.3 Å². The minimum absolute atomic E-state index is 0.167. The first-order valence-electron chi connectivity index (χ1n) is 6.67. The Morgan fingerprint density at radius 2 is 1.90 bits per heavy atom. The van der Waals surface area contributed by atoms with E-state index in [1.54, 1.807) is 0 Å². The molecule has 98 valence electrons. The van der Waals surface area contributed by atoms with Crippen molar-refractivity contribution < 1.29 is 0 Å². The largest absolute Gasteiger partial charge is 0.354 e. The van der Waals surface area contributed by atoms with Gasteiger partial charge in [0.05, 0.1) is 5.69 Å². The van der Waals surface area contributed by atoms with Gasteiger partial charge in [-0.15, -0.1) is 0 Å². The third-order valence-corrected chi connectivity index (χ3v) is 4.49. The van der Waals surface area contributed by atoms with Crippen LogP contribution in [-0.2, 0) is 12.8 Å². The first-order valence-corrected chi connectivity index (χ1v) is 7.46. The maximum atomic E-state index is 12.6. The van der Waals surface area contributed by atoms with Crippen molar-refractivity contribution in [1.29, 1.82) is 0 Å². The van der Waals surface area contributed by atoms with Gasteiger partial charge in [-0.2, -0.15) is 0 Å². The molecule has 0 unspecified atom stereocenters. The summed E-state index contributed by atoms with van der Waals surface area (Å²) in [7, 11) is 0. The predicted octanol–water partition coefficient (Wildman–Crippen LogP) is 4.06. The van der Waals surface area contributed by atoms with E-state index in [9.17, 15) is 4.79 Å². The van der Waals surface area contributed by atoms with Crippen molar-refractivity contribution >= 4 is 26.8 Å². The third kappa shape index (κ3) is 1.66. The fourth-order valence-corrected chi connectivity index (χ4v) is 3.36. The Balaban J connectivity index is 2.13. The summed E-state index contributed by atoms with van der Waals surface area (Å²) in [6.45, 7) is 0. The van der Waals surface area contributed by atoms with E-state index in [1.807, 2.05) is 24.3 Å². The van der Waals surface area contributed by atoms with Gasteiger partial charge in [0.1, 0.15) is 0 Å². The third-order valence-electron chi connectivity index (χ3n) is 3.99. The number of fused-ring (bicyclic) bond motifs is 4. The van der Waals surface area contributed by atoms with Crippen molar-refractivity contribution in [2.24, 2.45) is 0 Å². The second-order valence-corrected chi connectivity index (χ2v) is 6.07. The summed E-state index contributed by atoms with van der Waals surface area (Å²) in [6, 6.07) is 14.0. The summed E-state index contributed by atoms with van der Waals surface area (Å²) < 4.78 is 1.04. The van der Waals surface area contributed by atoms with Crippen molar-refractivity contribution in [3.63, 3.8) is 0 Å². The fourth-order valence-electron chi connectivity index (χ4n) is 3.00. The van der Waals surface area contributed by atoms with Gasteiger partial charge in [-0.25, -0.2) is 0 Å². The van der Waals surface area contributed by atoms with E-state index >= 15 is 0 Å². The van der Waals surface area contributed by atoms with Crippen LogP contribution in [0.2, 0.25) is 0 Å². The Morgan fingerprint density at radius 3 is 2.80 bits per heavy atom. The number of aromatic nitrogens is 1. The van der Waals surface area contributed by atoms with Gasteiger partial charge in [0.15, 0.2) is 5.43 Å². The first-order chi connectivity index (χ1) is 9.74. The molecule has 0 fully saturated rings. The lowest BCUT2D eigenvalue weighted by Crippen LogP contribution is -2.17. The van der Waals surface area contributed by atoms with Crippen LogP contribution < -0.4 is 5.43 Å². The summed E-state index contributed by atoms with van der Waals surface area (Å²) in [5, 5.41) is 0.782. The minimum atomic E-state index is 0.167. The molecular weight excluding hydrogens is 314 g/mol. The van der Waals surface area contributed by atoms with E-state index < -0.39 is 0 Å². The highest BCUT2D eigenvalue weighted by Gasteiger charge is 2.20. The number of nitrogens with one attached hydrogen (secondary N) is 1. The van der Waals surface area contributed by atoms with Gasteiger partial charge in [-0.3, -0.25) is 4.79 Å². The molecule has 4 rings (SSSR count). The van der Waals surface area contributed by atoms with Gasteiger partial charge >= 0.3 is 0 Å². The van der Waals surface area contributed by atoms with Crippen molar-refractivity contribution in [1.82, 2.24) is 4.98 Å². The zero-order valence-electron chi connectivity index (χ0n) is 10.7. The minimum Gasteiger partial charge on any atom is -0.354 e. The highest BCUT2D eigenvalue weighted by Crippen LogP contribution is 2.33. The number of benzene rings is 2. The quantitative estimate of drug-likeness (QED) is 0.664. The molecular formula is C17H12BrNO. The Bertz CT molecular complexity index is 895. The predicted molar refractivity (Wildman–Crippen MR) is 85.1 cm³/mol. The van der Waals surface area contributed by atoms with Gasteiger partial charge < -0.3 is 4.98 Å². The van der Waals surface area contributed by atoms with E-state index in [4.69, 9.17) is 0 Å². The molecule has 3 aromatic rings. The average molecular weight is 326 g/mol. The van der Waals surface area contributed by atoms with Crippen LogP contribution >= 0.6 is 15.9 Å². The lowest BCUT2D eigenvalue weighted by molar-refractivity contribution is 0.923. The highest BCUT2D eigenvalue weighted by molar-refractivity contribution is 9.10. The standard InChI is InChI=1S/C17H12BrNO/c18-11-7-5-10-6-8-13-16(14(10)9-11)19-15-4-2-1-3-12(15)17(13)20/h1-5,7,9H,6,8H2,(H,19,20). The maximum Gasteiger partial charge on any atom is 0.193 e. The van der Waals surface area contributed by atoms with Crippen LogP contribution in [0.3, 0.4) is 0 Å².